The van der Waals surface area contributed by atoms with E-state index in [1.165, 1.54) is 0 Å². The van der Waals surface area contributed by atoms with E-state index in [1.54, 1.807) is 6.92 Å². The summed E-state index contributed by atoms with van der Waals surface area (Å²) in [5.41, 5.74) is 2.56. The third-order valence-corrected chi connectivity index (χ3v) is 2.90. The first kappa shape index (κ1) is 12.2. The summed E-state index contributed by atoms with van der Waals surface area (Å²) in [5, 5.41) is 13.9. The second kappa shape index (κ2) is 5.26. The molecule has 0 spiro atoms. The van der Waals surface area contributed by atoms with Gasteiger partial charge in [0.2, 0.25) is 0 Å². The number of nitrogens with one attached hydrogen (secondary N) is 3. The minimum Gasteiger partial charge on any atom is -0.391 e. The second-order valence-electron chi connectivity index (χ2n) is 4.12. The summed E-state index contributed by atoms with van der Waals surface area (Å²) < 4.78 is 13.0. The zero-order valence-electron chi connectivity index (χ0n) is 9.65. The van der Waals surface area contributed by atoms with Crippen molar-refractivity contribution in [2.24, 2.45) is 0 Å². The van der Waals surface area contributed by atoms with Gasteiger partial charge in [-0.05, 0) is 32.3 Å². The molecule has 3 nitrogen and oxygen atoms in total. The van der Waals surface area contributed by atoms with Crippen molar-refractivity contribution in [3.05, 3.63) is 11.3 Å². The summed E-state index contributed by atoms with van der Waals surface area (Å²) in [6.45, 7) is 4.18. The van der Waals surface area contributed by atoms with E-state index in [9.17, 15) is 4.39 Å². The Morgan fingerprint density at radius 2 is 2.20 bits per heavy atom. The van der Waals surface area contributed by atoms with E-state index in [0.29, 0.717) is 18.7 Å². The third-order valence-electron chi connectivity index (χ3n) is 2.90. The van der Waals surface area contributed by atoms with Crippen LogP contribution < -0.4 is 10.6 Å². The molecule has 1 aliphatic heterocycles. The molecule has 86 valence electrons. The summed E-state index contributed by atoms with van der Waals surface area (Å²) in [4.78, 5) is 0. The predicted octanol–water partition coefficient (Wildman–Crippen LogP) is 1.61. The van der Waals surface area contributed by atoms with Crippen LogP contribution in [0.25, 0.3) is 0 Å². The maximum atomic E-state index is 13.0. The molecule has 0 radical (unpaired) electrons. The molecule has 15 heavy (non-hydrogen) atoms. The molecule has 4 heteroatoms. The van der Waals surface area contributed by atoms with Crippen LogP contribution in [0, 0.1) is 5.41 Å². The minimum absolute atomic E-state index is 0.179. The van der Waals surface area contributed by atoms with E-state index in [2.05, 4.69) is 10.6 Å². The molecular formula is C11H20FN3. The van der Waals surface area contributed by atoms with E-state index >= 15 is 0 Å². The van der Waals surface area contributed by atoms with Crippen LogP contribution in [-0.2, 0) is 0 Å². The highest BCUT2D eigenvalue weighted by Gasteiger charge is 2.25. The first-order valence-corrected chi connectivity index (χ1v) is 5.35. The van der Waals surface area contributed by atoms with Crippen LogP contribution >= 0.6 is 0 Å². The molecule has 2 atom stereocenters. The van der Waals surface area contributed by atoms with Crippen LogP contribution in [0.2, 0.25) is 0 Å². The topological polar surface area (TPSA) is 47.9 Å². The van der Waals surface area contributed by atoms with Crippen molar-refractivity contribution in [2.45, 2.75) is 38.9 Å². The standard InChI is InChI=1S/C11H20FN3/c1-7(13)11(8(2)14-3)5-10-4-9(12)6-15-10/h9-10,13-15H,4-6H2,1-3H3/b11-8-,13-7?/t9-,10-/m1/s1. The van der Waals surface area contributed by atoms with Crippen molar-refractivity contribution < 1.29 is 4.39 Å². The smallest absolute Gasteiger partial charge is 0.114 e. The first-order chi connectivity index (χ1) is 7.04. The molecular weight excluding hydrogens is 193 g/mol. The van der Waals surface area contributed by atoms with Crippen molar-refractivity contribution in [3.8, 4) is 0 Å². The highest BCUT2D eigenvalue weighted by molar-refractivity contribution is 5.96. The monoisotopic (exact) mass is 213 g/mol. The molecule has 0 bridgehead atoms. The van der Waals surface area contributed by atoms with Gasteiger partial charge in [-0.1, -0.05) is 0 Å². The summed E-state index contributed by atoms with van der Waals surface area (Å²) in [6, 6.07) is 0.179. The van der Waals surface area contributed by atoms with Crippen LogP contribution in [0.5, 0.6) is 0 Å². The van der Waals surface area contributed by atoms with Crippen molar-refractivity contribution in [1.29, 1.82) is 5.41 Å². The maximum Gasteiger partial charge on any atom is 0.114 e. The molecule has 1 fully saturated rings. The van der Waals surface area contributed by atoms with E-state index in [0.717, 1.165) is 17.7 Å². The molecule has 0 unspecified atom stereocenters. The third kappa shape index (κ3) is 3.30. The minimum atomic E-state index is -0.725. The molecule has 1 rings (SSSR count). The van der Waals surface area contributed by atoms with Crippen LogP contribution in [0.1, 0.15) is 26.7 Å². The Hall–Kier alpha value is -0.900. The molecule has 1 heterocycles. The quantitative estimate of drug-likeness (QED) is 0.621. The fraction of sp³-hybridized carbons (Fsp3) is 0.727. The van der Waals surface area contributed by atoms with Crippen molar-refractivity contribution in [2.75, 3.05) is 13.6 Å². The lowest BCUT2D eigenvalue weighted by Gasteiger charge is -2.15. The Kier molecular flexibility index (Phi) is 4.27. The zero-order chi connectivity index (χ0) is 11.4. The number of hydrogen-bond donors (Lipinski definition) is 3. The molecule has 0 aromatic heterocycles. The maximum absolute atomic E-state index is 13.0. The molecule has 1 aliphatic rings. The number of allylic oxidation sites excluding steroid dienone is 1. The Labute approximate surface area is 90.6 Å². The molecule has 1 saturated heterocycles. The number of rotatable bonds is 4. The van der Waals surface area contributed by atoms with E-state index in [1.807, 2.05) is 14.0 Å². The van der Waals surface area contributed by atoms with Crippen LogP contribution in [0.3, 0.4) is 0 Å². The molecule has 0 saturated carbocycles. The molecule has 0 amide bonds. The molecule has 0 aromatic carbocycles. The predicted molar refractivity (Wildman–Crippen MR) is 61.1 cm³/mol. The van der Waals surface area contributed by atoms with Crippen LogP contribution in [-0.4, -0.2) is 31.5 Å². The Morgan fingerprint density at radius 3 is 2.60 bits per heavy atom. The van der Waals surface area contributed by atoms with E-state index < -0.39 is 6.17 Å². The number of hydrogen-bond acceptors (Lipinski definition) is 3. The van der Waals surface area contributed by atoms with Crippen LogP contribution in [0.4, 0.5) is 4.39 Å². The van der Waals surface area contributed by atoms with Crippen molar-refractivity contribution in [1.82, 2.24) is 10.6 Å². The average molecular weight is 213 g/mol. The first-order valence-electron chi connectivity index (χ1n) is 5.35. The lowest BCUT2D eigenvalue weighted by atomic mass is 9.99. The van der Waals surface area contributed by atoms with Gasteiger partial charge in [-0.2, -0.15) is 0 Å². The summed E-state index contributed by atoms with van der Waals surface area (Å²) in [6.07, 6.45) is 0.577. The fourth-order valence-corrected chi connectivity index (χ4v) is 1.91. The zero-order valence-corrected chi connectivity index (χ0v) is 9.65. The van der Waals surface area contributed by atoms with Gasteiger partial charge in [-0.3, -0.25) is 0 Å². The Morgan fingerprint density at radius 1 is 1.53 bits per heavy atom. The summed E-state index contributed by atoms with van der Waals surface area (Å²) in [7, 11) is 1.85. The lowest BCUT2D eigenvalue weighted by Crippen LogP contribution is -2.24. The Balaban J connectivity index is 2.64. The van der Waals surface area contributed by atoms with Crippen molar-refractivity contribution in [3.63, 3.8) is 0 Å². The molecule has 3 N–H and O–H groups in total. The van der Waals surface area contributed by atoms with Gasteiger partial charge < -0.3 is 16.0 Å². The lowest BCUT2D eigenvalue weighted by molar-refractivity contribution is 0.355. The fourth-order valence-electron chi connectivity index (χ4n) is 1.91. The van der Waals surface area contributed by atoms with Crippen LogP contribution in [0.15, 0.2) is 11.3 Å². The van der Waals surface area contributed by atoms with Gasteiger partial charge in [0.15, 0.2) is 0 Å². The van der Waals surface area contributed by atoms with Gasteiger partial charge in [-0.25, -0.2) is 4.39 Å². The largest absolute Gasteiger partial charge is 0.391 e. The molecule has 0 aromatic rings. The molecule has 0 aliphatic carbocycles. The highest BCUT2D eigenvalue weighted by Crippen LogP contribution is 2.19. The average Bonchev–Trinajstić information content (AvgIpc) is 2.59. The van der Waals surface area contributed by atoms with Gasteiger partial charge in [0.1, 0.15) is 6.17 Å². The van der Waals surface area contributed by atoms with E-state index in [-0.39, 0.29) is 6.04 Å². The number of halogens is 1. The Bertz CT molecular complexity index is 273. The normalized spacial score (nSPS) is 27.5. The van der Waals surface area contributed by atoms with Gasteiger partial charge >= 0.3 is 0 Å². The van der Waals surface area contributed by atoms with E-state index in [4.69, 9.17) is 5.41 Å². The summed E-state index contributed by atoms with van der Waals surface area (Å²) in [5.74, 6) is 0. The van der Waals surface area contributed by atoms with Gasteiger partial charge in [0, 0.05) is 31.0 Å². The summed E-state index contributed by atoms with van der Waals surface area (Å²) >= 11 is 0. The van der Waals surface area contributed by atoms with Gasteiger partial charge in [-0.15, -0.1) is 0 Å². The number of alkyl halides is 1. The van der Waals surface area contributed by atoms with Gasteiger partial charge in [0.05, 0.1) is 0 Å². The van der Waals surface area contributed by atoms with Crippen molar-refractivity contribution >= 4 is 5.71 Å². The second-order valence-corrected chi connectivity index (χ2v) is 4.12. The highest BCUT2D eigenvalue weighted by atomic mass is 19.1. The van der Waals surface area contributed by atoms with Gasteiger partial charge in [0.25, 0.3) is 0 Å². The SMILES string of the molecule is CN/C(C)=C(/C[C@H]1C[C@@H](F)CN1)C(C)=N.